The van der Waals surface area contributed by atoms with Crippen molar-refractivity contribution in [1.82, 2.24) is 9.97 Å². The summed E-state index contributed by atoms with van der Waals surface area (Å²) in [5.74, 6) is 0. The maximum absolute atomic E-state index is 5.90. The number of hydrogen-bond acceptors (Lipinski definition) is 2. The zero-order valence-electron chi connectivity index (χ0n) is 9.13. The van der Waals surface area contributed by atoms with E-state index >= 15 is 0 Å². The molecule has 0 unspecified atom stereocenters. The zero-order valence-corrected chi connectivity index (χ0v) is 11.5. The van der Waals surface area contributed by atoms with Gasteiger partial charge in [0.2, 0.25) is 0 Å². The summed E-state index contributed by atoms with van der Waals surface area (Å²) in [5.41, 5.74) is 2.93. The molecule has 1 aromatic heterocycles. The average molecular weight is 293 g/mol. The first-order valence-electron chi connectivity index (χ1n) is 4.84. The van der Waals surface area contributed by atoms with E-state index in [-0.39, 0.29) is 12.4 Å². The van der Waals surface area contributed by atoms with Gasteiger partial charge in [0.25, 0.3) is 0 Å². The third-order valence-corrected chi connectivity index (χ3v) is 2.69. The van der Waals surface area contributed by atoms with Crippen molar-refractivity contribution in [3.8, 4) is 0 Å². The van der Waals surface area contributed by atoms with Crippen LogP contribution in [-0.4, -0.2) is 9.97 Å². The lowest BCUT2D eigenvalue weighted by Crippen LogP contribution is -2.01. The Kier molecular flexibility index (Phi) is 5.12. The Hall–Kier alpha value is -0.900. The van der Waals surface area contributed by atoms with Gasteiger partial charge in [0.05, 0.1) is 18.6 Å². The number of anilines is 1. The largest absolute Gasteiger partial charge is 0.379 e. The van der Waals surface area contributed by atoms with E-state index in [1.165, 1.54) is 0 Å². The summed E-state index contributed by atoms with van der Waals surface area (Å²) in [6.45, 7) is 2.63. The van der Waals surface area contributed by atoms with Crippen LogP contribution in [0.1, 0.15) is 11.4 Å². The molecule has 2 aromatic rings. The summed E-state index contributed by atoms with van der Waals surface area (Å²) < 4.78 is 0. The first-order valence-corrected chi connectivity index (χ1v) is 5.59. The lowest BCUT2D eigenvalue weighted by atomic mass is 10.3. The van der Waals surface area contributed by atoms with Gasteiger partial charge in [-0.1, -0.05) is 23.2 Å². The molecule has 0 amide bonds. The molecule has 0 atom stereocenters. The number of nitrogens with zero attached hydrogens (tertiary/aromatic N) is 1. The molecule has 0 radical (unpaired) electrons. The van der Waals surface area contributed by atoms with Crippen LogP contribution in [0, 0.1) is 6.92 Å². The Labute approximate surface area is 116 Å². The van der Waals surface area contributed by atoms with Gasteiger partial charge in [0.15, 0.2) is 0 Å². The van der Waals surface area contributed by atoms with Gasteiger partial charge in [0, 0.05) is 21.4 Å². The molecule has 2 rings (SSSR count). The quantitative estimate of drug-likeness (QED) is 0.895. The summed E-state index contributed by atoms with van der Waals surface area (Å²) in [4.78, 5) is 7.22. The van der Waals surface area contributed by atoms with E-state index in [4.69, 9.17) is 23.2 Å². The van der Waals surface area contributed by atoms with E-state index in [2.05, 4.69) is 15.3 Å². The highest BCUT2D eigenvalue weighted by Gasteiger charge is 2.02. The first kappa shape index (κ1) is 14.2. The van der Waals surface area contributed by atoms with Crippen molar-refractivity contribution >= 4 is 41.3 Å². The van der Waals surface area contributed by atoms with Gasteiger partial charge in [-0.25, -0.2) is 4.98 Å². The minimum Gasteiger partial charge on any atom is -0.379 e. The second kappa shape index (κ2) is 6.15. The van der Waals surface area contributed by atoms with Gasteiger partial charge >= 0.3 is 0 Å². The molecule has 3 nitrogen and oxygen atoms in total. The highest BCUT2D eigenvalue weighted by Crippen LogP contribution is 2.22. The molecule has 0 aliphatic rings. The standard InChI is InChI=1S/C11H11Cl2N3.ClH/c1-7-11(16-6-15-7)5-14-10-3-8(12)2-9(13)4-10;/h2-4,6,14H,5H2,1H3,(H,15,16);1H. The van der Waals surface area contributed by atoms with Crippen LogP contribution in [0.25, 0.3) is 0 Å². The maximum atomic E-state index is 5.90. The fourth-order valence-corrected chi connectivity index (χ4v) is 1.93. The van der Waals surface area contributed by atoms with Crippen LogP contribution in [0.15, 0.2) is 24.5 Å². The number of H-pyrrole nitrogens is 1. The fourth-order valence-electron chi connectivity index (χ4n) is 1.41. The minimum atomic E-state index is 0. The minimum absolute atomic E-state index is 0. The lowest BCUT2D eigenvalue weighted by molar-refractivity contribution is 1.05. The normalized spacial score (nSPS) is 9.82. The van der Waals surface area contributed by atoms with Gasteiger partial charge in [-0.2, -0.15) is 0 Å². The monoisotopic (exact) mass is 291 g/mol. The Morgan fingerprint density at radius 1 is 1.24 bits per heavy atom. The van der Waals surface area contributed by atoms with Crippen LogP contribution in [-0.2, 0) is 6.54 Å². The van der Waals surface area contributed by atoms with Crippen molar-refractivity contribution in [2.75, 3.05) is 5.32 Å². The predicted octanol–water partition coefficient (Wildman–Crippen LogP) is 4.06. The van der Waals surface area contributed by atoms with E-state index in [1.807, 2.05) is 19.1 Å². The van der Waals surface area contributed by atoms with Gasteiger partial charge in [-0.3, -0.25) is 0 Å². The van der Waals surface area contributed by atoms with Crippen LogP contribution in [0.5, 0.6) is 0 Å². The van der Waals surface area contributed by atoms with Crippen LogP contribution >= 0.6 is 35.6 Å². The van der Waals surface area contributed by atoms with Gasteiger partial charge in [-0.05, 0) is 25.1 Å². The molecule has 0 fully saturated rings. The molecule has 0 aliphatic carbocycles. The summed E-state index contributed by atoms with van der Waals surface area (Å²) in [7, 11) is 0. The van der Waals surface area contributed by atoms with Crippen LogP contribution < -0.4 is 5.32 Å². The lowest BCUT2D eigenvalue weighted by Gasteiger charge is -2.06. The number of aryl methyl sites for hydroxylation is 1. The first-order chi connectivity index (χ1) is 7.65. The van der Waals surface area contributed by atoms with Crippen molar-refractivity contribution < 1.29 is 0 Å². The molecule has 0 bridgehead atoms. The maximum Gasteiger partial charge on any atom is 0.0925 e. The van der Waals surface area contributed by atoms with Crippen molar-refractivity contribution in [3.63, 3.8) is 0 Å². The van der Waals surface area contributed by atoms with Gasteiger partial charge in [-0.15, -0.1) is 12.4 Å². The summed E-state index contributed by atoms with van der Waals surface area (Å²) >= 11 is 11.8. The zero-order chi connectivity index (χ0) is 11.5. The Balaban J connectivity index is 0.00000144. The van der Waals surface area contributed by atoms with E-state index in [0.29, 0.717) is 16.6 Å². The molecule has 0 saturated carbocycles. The molecule has 0 spiro atoms. The number of nitrogens with one attached hydrogen (secondary N) is 2. The number of halogens is 3. The molecule has 0 aliphatic heterocycles. The Morgan fingerprint density at radius 3 is 2.41 bits per heavy atom. The van der Waals surface area contributed by atoms with E-state index in [1.54, 1.807) is 12.4 Å². The molecule has 17 heavy (non-hydrogen) atoms. The number of benzene rings is 1. The summed E-state index contributed by atoms with van der Waals surface area (Å²) in [6, 6.07) is 5.36. The van der Waals surface area contributed by atoms with Crippen LogP contribution in [0.3, 0.4) is 0 Å². The van der Waals surface area contributed by atoms with Crippen LogP contribution in [0.4, 0.5) is 5.69 Å². The molecule has 1 heterocycles. The number of rotatable bonds is 3. The second-order valence-corrected chi connectivity index (χ2v) is 4.36. The Bertz CT molecular complexity index is 476. The molecule has 0 saturated heterocycles. The fraction of sp³-hybridized carbons (Fsp3) is 0.182. The molecule has 1 aromatic carbocycles. The van der Waals surface area contributed by atoms with Crippen LogP contribution in [0.2, 0.25) is 10.0 Å². The van der Waals surface area contributed by atoms with E-state index in [0.717, 1.165) is 17.1 Å². The van der Waals surface area contributed by atoms with Crippen molar-refractivity contribution in [2.45, 2.75) is 13.5 Å². The molecular weight excluding hydrogens is 281 g/mol. The average Bonchev–Trinajstić information content (AvgIpc) is 2.59. The Morgan fingerprint density at radius 2 is 1.88 bits per heavy atom. The highest BCUT2D eigenvalue weighted by molar-refractivity contribution is 6.35. The van der Waals surface area contributed by atoms with Gasteiger partial charge < -0.3 is 10.3 Å². The number of aromatic nitrogens is 2. The third-order valence-electron chi connectivity index (χ3n) is 2.26. The topological polar surface area (TPSA) is 40.7 Å². The summed E-state index contributed by atoms with van der Waals surface area (Å²) in [6.07, 6.45) is 1.68. The van der Waals surface area contributed by atoms with E-state index in [9.17, 15) is 0 Å². The highest BCUT2D eigenvalue weighted by atomic mass is 35.5. The number of imidazole rings is 1. The van der Waals surface area contributed by atoms with Gasteiger partial charge in [0.1, 0.15) is 0 Å². The third kappa shape index (κ3) is 3.80. The molecule has 92 valence electrons. The van der Waals surface area contributed by atoms with E-state index < -0.39 is 0 Å². The molecule has 6 heteroatoms. The molecular formula is C11H12Cl3N3. The number of hydrogen-bond donors (Lipinski definition) is 2. The van der Waals surface area contributed by atoms with Crippen molar-refractivity contribution in [3.05, 3.63) is 46.0 Å². The number of aromatic amines is 1. The molecule has 2 N–H and O–H groups in total. The SMILES string of the molecule is Cc1[nH]cnc1CNc1cc(Cl)cc(Cl)c1.Cl. The summed E-state index contributed by atoms with van der Waals surface area (Å²) in [5, 5.41) is 4.46. The second-order valence-electron chi connectivity index (χ2n) is 3.49. The van der Waals surface area contributed by atoms with Crippen molar-refractivity contribution in [2.24, 2.45) is 0 Å². The van der Waals surface area contributed by atoms with Crippen molar-refractivity contribution in [1.29, 1.82) is 0 Å². The smallest absolute Gasteiger partial charge is 0.0925 e. The predicted molar refractivity (Wildman–Crippen MR) is 74.4 cm³/mol.